The van der Waals surface area contributed by atoms with Gasteiger partial charge in [-0.2, -0.15) is 0 Å². The predicted octanol–water partition coefficient (Wildman–Crippen LogP) is 2.24. The van der Waals surface area contributed by atoms with E-state index in [1.165, 1.54) is 11.3 Å². The zero-order valence-electron chi connectivity index (χ0n) is 9.66. The van der Waals surface area contributed by atoms with Crippen molar-refractivity contribution in [3.8, 4) is 0 Å². The van der Waals surface area contributed by atoms with E-state index < -0.39 is 5.54 Å². The van der Waals surface area contributed by atoms with Crippen LogP contribution in [0, 0.1) is 6.92 Å². The van der Waals surface area contributed by atoms with Gasteiger partial charge in [-0.1, -0.05) is 19.1 Å². The zero-order valence-corrected chi connectivity index (χ0v) is 11.3. The molecule has 1 aromatic heterocycles. The van der Waals surface area contributed by atoms with E-state index in [4.69, 9.17) is 18.0 Å². The fraction of sp³-hybridized carbons (Fsp3) is 0.455. The highest BCUT2D eigenvalue weighted by atomic mass is 32.1. The Morgan fingerprint density at radius 3 is 2.69 bits per heavy atom. The van der Waals surface area contributed by atoms with Gasteiger partial charge in [0.1, 0.15) is 0 Å². The van der Waals surface area contributed by atoms with Crippen LogP contribution in [0.2, 0.25) is 0 Å². The largest absolute Gasteiger partial charge is 0.391 e. The molecule has 1 unspecified atom stereocenters. The first-order chi connectivity index (χ1) is 7.40. The van der Waals surface area contributed by atoms with Gasteiger partial charge in [0, 0.05) is 0 Å². The molecule has 5 heteroatoms. The number of thiocarbonyl (C=S) groups is 1. The van der Waals surface area contributed by atoms with Gasteiger partial charge in [-0.3, -0.25) is 4.79 Å². The van der Waals surface area contributed by atoms with Crippen molar-refractivity contribution < 1.29 is 4.79 Å². The molecule has 88 valence electrons. The molecule has 1 heterocycles. The number of thiophene rings is 1. The number of carbonyl (C=O) groups excluding carboxylic acids is 1. The third-order valence-electron chi connectivity index (χ3n) is 2.71. The van der Waals surface area contributed by atoms with Crippen LogP contribution in [-0.4, -0.2) is 16.4 Å². The van der Waals surface area contributed by atoms with Gasteiger partial charge in [0.2, 0.25) is 0 Å². The molecular formula is C11H16N2OS2. The highest BCUT2D eigenvalue weighted by Gasteiger charge is 2.28. The maximum atomic E-state index is 12.0. The third kappa shape index (κ3) is 2.59. The predicted molar refractivity (Wildman–Crippen MR) is 72.0 cm³/mol. The Kier molecular flexibility index (Phi) is 4.04. The normalized spacial score (nSPS) is 14.2. The minimum absolute atomic E-state index is 0.107. The summed E-state index contributed by atoms with van der Waals surface area (Å²) in [6.07, 6.45) is 0.679. The molecule has 0 aliphatic rings. The summed E-state index contributed by atoms with van der Waals surface area (Å²) >= 11 is 6.40. The van der Waals surface area contributed by atoms with Crippen molar-refractivity contribution in [1.82, 2.24) is 5.32 Å². The van der Waals surface area contributed by atoms with Crippen LogP contribution in [0.5, 0.6) is 0 Å². The van der Waals surface area contributed by atoms with E-state index in [2.05, 4.69) is 5.32 Å². The van der Waals surface area contributed by atoms with E-state index in [9.17, 15) is 4.79 Å². The molecule has 0 saturated carbocycles. The van der Waals surface area contributed by atoms with Crippen LogP contribution in [0.15, 0.2) is 11.4 Å². The summed E-state index contributed by atoms with van der Waals surface area (Å²) in [7, 11) is 0. The molecule has 0 spiro atoms. The molecule has 0 aromatic carbocycles. The van der Waals surface area contributed by atoms with E-state index in [0.717, 1.165) is 10.4 Å². The molecule has 1 aromatic rings. The highest BCUT2D eigenvalue weighted by Crippen LogP contribution is 2.18. The molecule has 0 aliphatic heterocycles. The third-order valence-corrected chi connectivity index (χ3v) is 4.17. The topological polar surface area (TPSA) is 55.1 Å². The monoisotopic (exact) mass is 256 g/mol. The van der Waals surface area contributed by atoms with Crippen LogP contribution in [-0.2, 0) is 0 Å². The maximum Gasteiger partial charge on any atom is 0.262 e. The van der Waals surface area contributed by atoms with Crippen LogP contribution in [0.3, 0.4) is 0 Å². The molecule has 0 radical (unpaired) electrons. The van der Waals surface area contributed by atoms with Gasteiger partial charge in [0.15, 0.2) is 0 Å². The number of aryl methyl sites for hydroxylation is 1. The van der Waals surface area contributed by atoms with Gasteiger partial charge < -0.3 is 11.1 Å². The zero-order chi connectivity index (χ0) is 12.3. The first-order valence-electron chi connectivity index (χ1n) is 5.07. The van der Waals surface area contributed by atoms with Crippen molar-refractivity contribution in [3.63, 3.8) is 0 Å². The van der Waals surface area contributed by atoms with Gasteiger partial charge in [-0.25, -0.2) is 0 Å². The Labute approximate surface area is 105 Å². The molecule has 0 fully saturated rings. The van der Waals surface area contributed by atoms with Crippen molar-refractivity contribution in [2.75, 3.05) is 0 Å². The van der Waals surface area contributed by atoms with Gasteiger partial charge >= 0.3 is 0 Å². The van der Waals surface area contributed by atoms with Gasteiger partial charge in [0.05, 0.1) is 15.4 Å². The fourth-order valence-corrected chi connectivity index (χ4v) is 2.25. The van der Waals surface area contributed by atoms with E-state index >= 15 is 0 Å². The first-order valence-corrected chi connectivity index (χ1v) is 6.36. The number of nitrogens with one attached hydrogen (secondary N) is 1. The quantitative estimate of drug-likeness (QED) is 0.812. The Bertz CT molecular complexity index is 414. The molecule has 1 atom stereocenters. The molecule has 1 amide bonds. The molecule has 3 nitrogen and oxygen atoms in total. The average Bonchev–Trinajstić information content (AvgIpc) is 2.64. The Morgan fingerprint density at radius 1 is 1.69 bits per heavy atom. The summed E-state index contributed by atoms with van der Waals surface area (Å²) in [4.78, 5) is 13.0. The Morgan fingerprint density at radius 2 is 2.31 bits per heavy atom. The molecule has 1 rings (SSSR count). The second-order valence-corrected chi connectivity index (χ2v) is 5.29. The highest BCUT2D eigenvalue weighted by molar-refractivity contribution is 7.80. The van der Waals surface area contributed by atoms with Crippen molar-refractivity contribution in [2.45, 2.75) is 32.7 Å². The summed E-state index contributed by atoms with van der Waals surface area (Å²) < 4.78 is 0. The van der Waals surface area contributed by atoms with E-state index in [1.54, 1.807) is 0 Å². The summed E-state index contributed by atoms with van der Waals surface area (Å²) in [6.45, 7) is 5.70. The van der Waals surface area contributed by atoms with Gasteiger partial charge in [-0.05, 0) is 37.3 Å². The number of hydrogen-bond acceptors (Lipinski definition) is 3. The molecule has 0 bridgehead atoms. The van der Waals surface area contributed by atoms with Crippen LogP contribution in [0.4, 0.5) is 0 Å². The molecular weight excluding hydrogens is 240 g/mol. The number of nitrogens with two attached hydrogens (primary N) is 1. The summed E-state index contributed by atoms with van der Waals surface area (Å²) in [5, 5.41) is 4.79. The minimum atomic E-state index is -0.608. The average molecular weight is 256 g/mol. The number of amides is 1. The lowest BCUT2D eigenvalue weighted by Crippen LogP contribution is -2.54. The number of hydrogen-bond donors (Lipinski definition) is 2. The lowest BCUT2D eigenvalue weighted by atomic mass is 9.99. The number of rotatable bonds is 4. The molecule has 16 heavy (non-hydrogen) atoms. The SMILES string of the molecule is CCC(C)(NC(=O)c1sccc1C)C(N)=S. The summed E-state index contributed by atoms with van der Waals surface area (Å²) in [6, 6.07) is 1.92. The van der Waals surface area contributed by atoms with Gasteiger partial charge in [0.25, 0.3) is 5.91 Å². The van der Waals surface area contributed by atoms with Crippen LogP contribution in [0.25, 0.3) is 0 Å². The second-order valence-electron chi connectivity index (χ2n) is 3.94. The Hall–Kier alpha value is -0.940. The van der Waals surface area contributed by atoms with Crippen molar-refractivity contribution in [3.05, 3.63) is 21.9 Å². The lowest BCUT2D eigenvalue weighted by molar-refractivity contribution is 0.0930. The first kappa shape index (κ1) is 13.1. The van der Waals surface area contributed by atoms with Crippen LogP contribution in [0.1, 0.15) is 35.5 Å². The standard InChI is InChI=1S/C11H16N2OS2/c1-4-11(3,10(12)15)13-9(14)8-7(2)5-6-16-8/h5-6H,4H2,1-3H3,(H2,12,15)(H,13,14). The minimum Gasteiger partial charge on any atom is -0.391 e. The van der Waals surface area contributed by atoms with E-state index in [0.29, 0.717) is 11.4 Å². The van der Waals surface area contributed by atoms with E-state index in [-0.39, 0.29) is 5.91 Å². The van der Waals surface area contributed by atoms with Crippen molar-refractivity contribution in [2.24, 2.45) is 5.73 Å². The number of carbonyl (C=O) groups is 1. The van der Waals surface area contributed by atoms with Gasteiger partial charge in [-0.15, -0.1) is 11.3 Å². The smallest absolute Gasteiger partial charge is 0.262 e. The van der Waals surface area contributed by atoms with E-state index in [1.807, 2.05) is 32.2 Å². The lowest BCUT2D eigenvalue weighted by Gasteiger charge is -2.28. The van der Waals surface area contributed by atoms with Crippen molar-refractivity contribution in [1.29, 1.82) is 0 Å². The Balaban J connectivity index is 2.86. The van der Waals surface area contributed by atoms with Crippen molar-refractivity contribution >= 4 is 34.5 Å². The molecule has 3 N–H and O–H groups in total. The second kappa shape index (κ2) is 4.93. The van der Waals surface area contributed by atoms with Crippen LogP contribution >= 0.6 is 23.6 Å². The summed E-state index contributed by atoms with van der Waals surface area (Å²) in [5.74, 6) is -0.107. The maximum absolute atomic E-state index is 12.0. The fourth-order valence-electron chi connectivity index (χ4n) is 1.24. The molecule has 0 aliphatic carbocycles. The molecule has 0 saturated heterocycles. The van der Waals surface area contributed by atoms with Crippen LogP contribution < -0.4 is 11.1 Å². The summed E-state index contributed by atoms with van der Waals surface area (Å²) in [5.41, 5.74) is 6.01.